The summed E-state index contributed by atoms with van der Waals surface area (Å²) in [6.07, 6.45) is 1.50. The van der Waals surface area contributed by atoms with Crippen molar-refractivity contribution in [3.05, 3.63) is 52.6 Å². The van der Waals surface area contributed by atoms with E-state index in [-0.39, 0.29) is 5.95 Å². The first kappa shape index (κ1) is 18.0. The van der Waals surface area contributed by atoms with E-state index in [1.54, 1.807) is 44.6 Å². The van der Waals surface area contributed by atoms with Gasteiger partial charge in [-0.2, -0.15) is 10.1 Å². The highest BCUT2D eigenvalue weighted by Crippen LogP contribution is 2.32. The molecule has 9 heteroatoms. The maximum absolute atomic E-state index is 6.15. The van der Waals surface area contributed by atoms with Crippen molar-refractivity contribution in [2.45, 2.75) is 0 Å². The minimum absolute atomic E-state index is 0.255. The molecule has 0 spiro atoms. The van der Waals surface area contributed by atoms with Gasteiger partial charge in [-0.1, -0.05) is 29.3 Å². The van der Waals surface area contributed by atoms with Crippen LogP contribution in [-0.4, -0.2) is 29.4 Å². The van der Waals surface area contributed by atoms with Crippen molar-refractivity contribution in [1.82, 2.24) is 15.2 Å². The second kappa shape index (κ2) is 8.07. The molecule has 134 valence electrons. The average Bonchev–Trinajstić information content (AvgIpc) is 2.65. The summed E-state index contributed by atoms with van der Waals surface area (Å²) in [5.41, 5.74) is 1.27. The van der Waals surface area contributed by atoms with Crippen LogP contribution in [0.4, 0.5) is 23.1 Å². The van der Waals surface area contributed by atoms with Gasteiger partial charge in [0.15, 0.2) is 17.3 Å². The van der Waals surface area contributed by atoms with E-state index >= 15 is 0 Å². The Kier molecular flexibility index (Phi) is 5.60. The van der Waals surface area contributed by atoms with Crippen LogP contribution < -0.4 is 20.1 Å². The van der Waals surface area contributed by atoms with Crippen molar-refractivity contribution in [2.75, 3.05) is 24.9 Å². The molecule has 0 unspecified atom stereocenters. The summed E-state index contributed by atoms with van der Waals surface area (Å²) >= 11 is 12.3. The lowest BCUT2D eigenvalue weighted by Gasteiger charge is -2.12. The Morgan fingerprint density at radius 3 is 2.35 bits per heavy atom. The number of rotatable bonds is 6. The van der Waals surface area contributed by atoms with Crippen LogP contribution in [0.2, 0.25) is 10.0 Å². The Morgan fingerprint density at radius 1 is 0.923 bits per heavy atom. The lowest BCUT2D eigenvalue weighted by molar-refractivity contribution is 0.355. The summed E-state index contributed by atoms with van der Waals surface area (Å²) in [5, 5.41) is 14.9. The number of hydrogen-bond acceptors (Lipinski definition) is 7. The fraction of sp³-hybridized carbons (Fsp3) is 0.118. The van der Waals surface area contributed by atoms with Gasteiger partial charge in [-0.3, -0.25) is 0 Å². The summed E-state index contributed by atoms with van der Waals surface area (Å²) < 4.78 is 10.5. The molecule has 0 aliphatic carbocycles. The lowest BCUT2D eigenvalue weighted by atomic mass is 10.2. The molecule has 26 heavy (non-hydrogen) atoms. The van der Waals surface area contributed by atoms with E-state index in [9.17, 15) is 0 Å². The zero-order chi connectivity index (χ0) is 18.5. The Bertz CT molecular complexity index is 903. The van der Waals surface area contributed by atoms with E-state index < -0.39 is 0 Å². The molecule has 0 amide bonds. The molecule has 0 atom stereocenters. The topological polar surface area (TPSA) is 81.2 Å². The summed E-state index contributed by atoms with van der Waals surface area (Å²) in [4.78, 5) is 4.36. The molecule has 0 aliphatic heterocycles. The van der Waals surface area contributed by atoms with Crippen molar-refractivity contribution in [2.24, 2.45) is 0 Å². The molecule has 3 rings (SSSR count). The first-order valence-corrected chi connectivity index (χ1v) is 8.26. The van der Waals surface area contributed by atoms with Gasteiger partial charge < -0.3 is 20.1 Å². The minimum atomic E-state index is 0.255. The fourth-order valence-electron chi connectivity index (χ4n) is 2.21. The number of nitrogens with zero attached hydrogens (tertiary/aromatic N) is 3. The molecule has 1 heterocycles. The van der Waals surface area contributed by atoms with Gasteiger partial charge in [0.1, 0.15) is 0 Å². The molecule has 0 bridgehead atoms. The van der Waals surface area contributed by atoms with E-state index in [1.807, 2.05) is 6.07 Å². The molecule has 1 aromatic heterocycles. The molecule has 0 aliphatic rings. The molecular weight excluding hydrogens is 377 g/mol. The van der Waals surface area contributed by atoms with Crippen LogP contribution in [0.25, 0.3) is 0 Å². The smallest absolute Gasteiger partial charge is 0.249 e. The van der Waals surface area contributed by atoms with Gasteiger partial charge in [-0.15, -0.1) is 5.10 Å². The molecule has 7 nitrogen and oxygen atoms in total. The van der Waals surface area contributed by atoms with E-state index in [0.717, 1.165) is 5.69 Å². The number of benzene rings is 2. The van der Waals surface area contributed by atoms with Crippen LogP contribution in [0, 0.1) is 0 Å². The number of ether oxygens (including phenoxy) is 2. The summed E-state index contributed by atoms with van der Waals surface area (Å²) in [6, 6.07) is 10.6. The molecule has 3 aromatic rings. The maximum atomic E-state index is 6.15. The predicted octanol–water partition coefficient (Wildman–Crippen LogP) is 4.68. The van der Waals surface area contributed by atoms with E-state index in [0.29, 0.717) is 33.0 Å². The van der Waals surface area contributed by atoms with Gasteiger partial charge in [0.25, 0.3) is 0 Å². The minimum Gasteiger partial charge on any atom is -0.493 e. The molecule has 0 radical (unpaired) electrons. The Morgan fingerprint density at radius 2 is 1.65 bits per heavy atom. The standard InChI is InChI=1S/C17H15Cl2N5O2/c1-25-13-7-6-10(8-14(13)26-2)21-15-9-20-24-17(22-15)23-16-11(18)4-3-5-12(16)19/h3-9H,1-2H3,(H2,21,22,23,24). The molecular formula is C17H15Cl2N5O2. The highest BCUT2D eigenvalue weighted by molar-refractivity contribution is 6.39. The van der Waals surface area contributed by atoms with Crippen molar-refractivity contribution < 1.29 is 9.47 Å². The Balaban J connectivity index is 1.82. The molecule has 2 aromatic carbocycles. The van der Waals surface area contributed by atoms with E-state index in [4.69, 9.17) is 32.7 Å². The number of hydrogen-bond donors (Lipinski definition) is 2. The highest BCUT2D eigenvalue weighted by Gasteiger charge is 2.09. The number of halogens is 2. The Labute approximate surface area is 160 Å². The van der Waals surface area contributed by atoms with Gasteiger partial charge in [0.2, 0.25) is 5.95 Å². The SMILES string of the molecule is COc1ccc(Nc2cnnc(Nc3c(Cl)cccc3Cl)n2)cc1OC. The third-order valence-electron chi connectivity index (χ3n) is 3.41. The first-order valence-electron chi connectivity index (χ1n) is 7.50. The fourth-order valence-corrected chi connectivity index (χ4v) is 2.70. The second-order valence-corrected chi connectivity index (χ2v) is 5.90. The highest BCUT2D eigenvalue weighted by atomic mass is 35.5. The lowest BCUT2D eigenvalue weighted by Crippen LogP contribution is -2.03. The van der Waals surface area contributed by atoms with Crippen molar-refractivity contribution in [1.29, 1.82) is 0 Å². The zero-order valence-corrected chi connectivity index (χ0v) is 15.5. The summed E-state index contributed by atoms with van der Waals surface area (Å²) in [6.45, 7) is 0. The van der Waals surface area contributed by atoms with Crippen LogP contribution in [0.3, 0.4) is 0 Å². The van der Waals surface area contributed by atoms with Gasteiger partial charge in [0, 0.05) is 11.8 Å². The maximum Gasteiger partial charge on any atom is 0.249 e. The van der Waals surface area contributed by atoms with Crippen LogP contribution in [0.5, 0.6) is 11.5 Å². The normalized spacial score (nSPS) is 10.3. The predicted molar refractivity (Wildman–Crippen MR) is 102 cm³/mol. The van der Waals surface area contributed by atoms with E-state index in [2.05, 4.69) is 25.8 Å². The van der Waals surface area contributed by atoms with Crippen molar-refractivity contribution >= 4 is 46.3 Å². The van der Waals surface area contributed by atoms with Gasteiger partial charge in [-0.05, 0) is 24.3 Å². The average molecular weight is 392 g/mol. The van der Waals surface area contributed by atoms with Gasteiger partial charge in [0.05, 0.1) is 36.1 Å². The van der Waals surface area contributed by atoms with Gasteiger partial charge >= 0.3 is 0 Å². The number of anilines is 4. The molecule has 2 N–H and O–H groups in total. The zero-order valence-electron chi connectivity index (χ0n) is 14.0. The molecule has 0 fully saturated rings. The van der Waals surface area contributed by atoms with Crippen LogP contribution in [0.15, 0.2) is 42.6 Å². The largest absolute Gasteiger partial charge is 0.493 e. The van der Waals surface area contributed by atoms with E-state index in [1.165, 1.54) is 6.20 Å². The summed E-state index contributed by atoms with van der Waals surface area (Å²) in [5.74, 6) is 1.97. The summed E-state index contributed by atoms with van der Waals surface area (Å²) in [7, 11) is 3.15. The first-order chi connectivity index (χ1) is 12.6. The number of para-hydroxylation sites is 1. The third kappa shape index (κ3) is 4.07. The van der Waals surface area contributed by atoms with Crippen LogP contribution in [-0.2, 0) is 0 Å². The number of aromatic nitrogens is 3. The third-order valence-corrected chi connectivity index (χ3v) is 4.04. The van der Waals surface area contributed by atoms with Crippen molar-refractivity contribution in [3.63, 3.8) is 0 Å². The quantitative estimate of drug-likeness (QED) is 0.630. The van der Waals surface area contributed by atoms with Crippen LogP contribution >= 0.6 is 23.2 Å². The second-order valence-electron chi connectivity index (χ2n) is 5.08. The number of nitrogens with one attached hydrogen (secondary N) is 2. The van der Waals surface area contributed by atoms with Crippen molar-refractivity contribution in [3.8, 4) is 11.5 Å². The molecule has 0 saturated heterocycles. The van der Waals surface area contributed by atoms with Gasteiger partial charge in [-0.25, -0.2) is 0 Å². The van der Waals surface area contributed by atoms with Crippen LogP contribution in [0.1, 0.15) is 0 Å². The Hall–Kier alpha value is -2.77. The molecule has 0 saturated carbocycles. The number of methoxy groups -OCH3 is 2. The monoisotopic (exact) mass is 391 g/mol.